The average molecular weight is 269 g/mol. The summed E-state index contributed by atoms with van der Waals surface area (Å²) in [6, 6.07) is 3.38. The maximum absolute atomic E-state index is 11.3. The van der Waals surface area contributed by atoms with Gasteiger partial charge in [0, 0.05) is 24.8 Å². The van der Waals surface area contributed by atoms with Crippen molar-refractivity contribution in [2.45, 2.75) is 12.5 Å². The maximum Gasteiger partial charge on any atom is 0.312 e. The third-order valence-corrected chi connectivity index (χ3v) is 2.88. The Morgan fingerprint density at radius 1 is 1.26 bits per heavy atom. The van der Waals surface area contributed by atoms with Crippen molar-refractivity contribution in [3.63, 3.8) is 0 Å². The van der Waals surface area contributed by atoms with E-state index in [2.05, 4.69) is 0 Å². The molecule has 1 rings (SSSR count). The van der Waals surface area contributed by atoms with Gasteiger partial charge in [-0.2, -0.15) is 0 Å². The molecule has 1 atom stereocenters. The van der Waals surface area contributed by atoms with Crippen molar-refractivity contribution in [1.29, 1.82) is 0 Å². The molecule has 0 aliphatic carbocycles. The number of carboxylic acid groups (broad SMARTS) is 1. The van der Waals surface area contributed by atoms with Crippen LogP contribution in [-0.2, 0) is 16.1 Å². The molecule has 19 heavy (non-hydrogen) atoms. The highest BCUT2D eigenvalue weighted by Crippen LogP contribution is 2.36. The summed E-state index contributed by atoms with van der Waals surface area (Å²) in [4.78, 5) is 11.3. The number of hydrogen-bond donors (Lipinski definition) is 2. The van der Waals surface area contributed by atoms with Crippen LogP contribution in [0, 0.1) is 0 Å². The van der Waals surface area contributed by atoms with Gasteiger partial charge in [0.1, 0.15) is 11.5 Å². The minimum absolute atomic E-state index is 0.0322. The molecule has 0 bridgehead atoms. The monoisotopic (exact) mass is 269 g/mol. The van der Waals surface area contributed by atoms with Gasteiger partial charge in [0.2, 0.25) is 0 Å². The topological polar surface area (TPSA) is 91.0 Å². The average Bonchev–Trinajstić information content (AvgIpc) is 2.40. The highest BCUT2D eigenvalue weighted by atomic mass is 16.5. The fourth-order valence-corrected chi connectivity index (χ4v) is 2.01. The van der Waals surface area contributed by atoms with Crippen LogP contribution in [0.5, 0.6) is 11.5 Å². The zero-order chi connectivity index (χ0) is 14.4. The molecular formula is C13H19NO5. The van der Waals surface area contributed by atoms with E-state index >= 15 is 0 Å². The van der Waals surface area contributed by atoms with Crippen LogP contribution < -0.4 is 15.2 Å². The van der Waals surface area contributed by atoms with Gasteiger partial charge in [0.05, 0.1) is 26.7 Å². The Morgan fingerprint density at radius 2 is 1.84 bits per heavy atom. The Labute approximate surface area is 112 Å². The van der Waals surface area contributed by atoms with E-state index in [-0.39, 0.29) is 13.2 Å². The van der Waals surface area contributed by atoms with Gasteiger partial charge >= 0.3 is 5.97 Å². The molecule has 1 unspecified atom stereocenters. The molecule has 0 radical (unpaired) electrons. The van der Waals surface area contributed by atoms with E-state index in [0.717, 1.165) is 0 Å². The lowest BCUT2D eigenvalue weighted by Crippen LogP contribution is -2.23. The molecule has 0 amide bonds. The van der Waals surface area contributed by atoms with Gasteiger partial charge in [-0.15, -0.1) is 0 Å². The smallest absolute Gasteiger partial charge is 0.312 e. The second-order valence-electron chi connectivity index (χ2n) is 3.92. The Hall–Kier alpha value is -1.79. The minimum Gasteiger partial charge on any atom is -0.496 e. The first-order valence-electron chi connectivity index (χ1n) is 5.76. The fraction of sp³-hybridized carbons (Fsp3) is 0.462. The molecular weight excluding hydrogens is 250 g/mol. The molecule has 0 aromatic heterocycles. The van der Waals surface area contributed by atoms with Crippen LogP contribution in [0.1, 0.15) is 17.0 Å². The van der Waals surface area contributed by atoms with Crippen LogP contribution in [0.15, 0.2) is 12.1 Å². The molecule has 1 aromatic carbocycles. The quantitative estimate of drug-likeness (QED) is 0.766. The van der Waals surface area contributed by atoms with Crippen LogP contribution in [0.4, 0.5) is 0 Å². The highest BCUT2D eigenvalue weighted by Gasteiger charge is 2.27. The third kappa shape index (κ3) is 3.15. The Balaban J connectivity index is 3.49. The van der Waals surface area contributed by atoms with Crippen molar-refractivity contribution in [2.24, 2.45) is 5.73 Å². The van der Waals surface area contributed by atoms with E-state index < -0.39 is 11.9 Å². The number of carbonyl (C=O) groups is 1. The normalized spacial score (nSPS) is 12.0. The molecule has 0 saturated heterocycles. The van der Waals surface area contributed by atoms with Crippen molar-refractivity contribution < 1.29 is 24.1 Å². The van der Waals surface area contributed by atoms with E-state index in [0.29, 0.717) is 22.6 Å². The number of hydrogen-bond acceptors (Lipinski definition) is 5. The van der Waals surface area contributed by atoms with Gasteiger partial charge in [-0.25, -0.2) is 0 Å². The number of carboxylic acids is 1. The lowest BCUT2D eigenvalue weighted by Gasteiger charge is -2.20. The molecule has 6 nitrogen and oxygen atoms in total. The van der Waals surface area contributed by atoms with Crippen molar-refractivity contribution in [1.82, 2.24) is 0 Å². The number of methoxy groups -OCH3 is 3. The molecule has 3 N–H and O–H groups in total. The van der Waals surface area contributed by atoms with E-state index in [4.69, 9.17) is 19.9 Å². The van der Waals surface area contributed by atoms with Gasteiger partial charge in [0.25, 0.3) is 0 Å². The lowest BCUT2D eigenvalue weighted by molar-refractivity contribution is -0.138. The highest BCUT2D eigenvalue weighted by molar-refractivity contribution is 5.79. The third-order valence-electron chi connectivity index (χ3n) is 2.88. The summed E-state index contributed by atoms with van der Waals surface area (Å²) in [5, 5.41) is 9.29. The molecule has 0 saturated carbocycles. The molecule has 0 heterocycles. The predicted molar refractivity (Wildman–Crippen MR) is 69.7 cm³/mol. The largest absolute Gasteiger partial charge is 0.496 e. The summed E-state index contributed by atoms with van der Waals surface area (Å²) in [5.74, 6) is -0.857. The molecule has 1 aromatic rings. The molecule has 6 heteroatoms. The summed E-state index contributed by atoms with van der Waals surface area (Å²) >= 11 is 0. The zero-order valence-electron chi connectivity index (χ0n) is 11.3. The Morgan fingerprint density at radius 3 is 2.26 bits per heavy atom. The summed E-state index contributed by atoms with van der Waals surface area (Å²) in [6.45, 7) is 0.190. The van der Waals surface area contributed by atoms with E-state index in [9.17, 15) is 9.90 Å². The van der Waals surface area contributed by atoms with E-state index in [1.807, 2.05) is 0 Å². The second-order valence-corrected chi connectivity index (χ2v) is 3.92. The summed E-state index contributed by atoms with van der Waals surface area (Å²) in [5.41, 5.74) is 6.71. The Bertz CT molecular complexity index is 447. The predicted octanol–water partition coefficient (Wildman–Crippen LogP) is 0.977. The standard InChI is InChI=1S/C13H19NO5/c1-17-7-9-10(18-2)4-5-11(19-3)12(9)8(6-14)13(15)16/h4-5,8H,6-7,14H2,1-3H3,(H,15,16). The molecule has 0 fully saturated rings. The van der Waals surface area contributed by atoms with Gasteiger partial charge in [-0.3, -0.25) is 4.79 Å². The van der Waals surface area contributed by atoms with Crippen molar-refractivity contribution in [2.75, 3.05) is 27.9 Å². The lowest BCUT2D eigenvalue weighted by atomic mass is 9.92. The molecule has 0 aliphatic rings. The van der Waals surface area contributed by atoms with Gasteiger partial charge in [0.15, 0.2) is 0 Å². The summed E-state index contributed by atoms with van der Waals surface area (Å²) < 4.78 is 15.6. The van der Waals surface area contributed by atoms with Gasteiger partial charge in [-0.1, -0.05) is 0 Å². The van der Waals surface area contributed by atoms with Crippen LogP contribution in [0.3, 0.4) is 0 Å². The van der Waals surface area contributed by atoms with E-state index in [1.165, 1.54) is 21.3 Å². The molecule has 106 valence electrons. The van der Waals surface area contributed by atoms with Gasteiger partial charge in [-0.05, 0) is 12.1 Å². The first kappa shape index (κ1) is 15.3. The summed E-state index contributed by atoms with van der Waals surface area (Å²) in [6.07, 6.45) is 0. The first-order valence-corrected chi connectivity index (χ1v) is 5.76. The number of aliphatic carboxylic acids is 1. The first-order chi connectivity index (χ1) is 9.10. The maximum atomic E-state index is 11.3. The van der Waals surface area contributed by atoms with Crippen LogP contribution in [0.25, 0.3) is 0 Å². The van der Waals surface area contributed by atoms with Crippen molar-refractivity contribution in [3.8, 4) is 11.5 Å². The van der Waals surface area contributed by atoms with Crippen LogP contribution in [0.2, 0.25) is 0 Å². The van der Waals surface area contributed by atoms with Crippen LogP contribution >= 0.6 is 0 Å². The fourth-order valence-electron chi connectivity index (χ4n) is 2.01. The Kier molecular flexibility index (Phi) is 5.59. The zero-order valence-corrected chi connectivity index (χ0v) is 11.3. The second kappa shape index (κ2) is 6.96. The number of ether oxygens (including phenoxy) is 3. The minimum atomic E-state index is -1.01. The number of rotatable bonds is 7. The number of benzene rings is 1. The van der Waals surface area contributed by atoms with Gasteiger partial charge < -0.3 is 25.1 Å². The number of nitrogens with two attached hydrogens (primary N) is 1. The van der Waals surface area contributed by atoms with Crippen molar-refractivity contribution >= 4 is 5.97 Å². The molecule has 0 aliphatic heterocycles. The van der Waals surface area contributed by atoms with Crippen LogP contribution in [-0.4, -0.2) is 38.9 Å². The van der Waals surface area contributed by atoms with E-state index in [1.54, 1.807) is 12.1 Å². The van der Waals surface area contributed by atoms with Crippen molar-refractivity contribution in [3.05, 3.63) is 23.3 Å². The molecule has 0 spiro atoms. The SMILES string of the molecule is COCc1c(OC)ccc(OC)c1C(CN)C(=O)O. The summed E-state index contributed by atoms with van der Waals surface area (Å²) in [7, 11) is 4.53.